The van der Waals surface area contributed by atoms with Crippen molar-refractivity contribution in [1.29, 1.82) is 0 Å². The molecule has 0 aliphatic carbocycles. The lowest BCUT2D eigenvalue weighted by atomic mass is 9.99. The molecule has 2 aromatic rings. The Kier molecular flexibility index (Phi) is 8.17. The van der Waals surface area contributed by atoms with E-state index in [9.17, 15) is 9.59 Å². The number of ether oxygens (including phenoxy) is 3. The van der Waals surface area contributed by atoms with Crippen LogP contribution in [0, 0.1) is 0 Å². The lowest BCUT2D eigenvalue weighted by Crippen LogP contribution is -2.20. The number of carbonyl (C=O) groups is 2. The minimum Gasteiger partial charge on any atom is -0.465 e. The Bertz CT molecular complexity index is 769. The van der Waals surface area contributed by atoms with Crippen LogP contribution in [-0.4, -0.2) is 58.3 Å². The van der Waals surface area contributed by atoms with Gasteiger partial charge in [-0.2, -0.15) is 0 Å². The molecule has 1 unspecified atom stereocenters. The Balaban J connectivity index is 2.16. The Labute approximate surface area is 166 Å². The molecule has 1 atom stereocenters. The quantitative estimate of drug-likeness (QED) is 0.618. The van der Waals surface area contributed by atoms with E-state index in [1.165, 1.54) is 14.2 Å². The van der Waals surface area contributed by atoms with Gasteiger partial charge in [-0.15, -0.1) is 0 Å². The van der Waals surface area contributed by atoms with E-state index in [2.05, 4.69) is 4.90 Å². The van der Waals surface area contributed by atoms with E-state index in [1.54, 1.807) is 24.3 Å². The molecule has 2 aromatic carbocycles. The first-order valence-electron chi connectivity index (χ1n) is 9.06. The minimum atomic E-state index is -0.366. The van der Waals surface area contributed by atoms with Gasteiger partial charge in [0.2, 0.25) is 0 Å². The Morgan fingerprint density at radius 2 is 1.36 bits per heavy atom. The maximum atomic E-state index is 11.6. The van der Waals surface area contributed by atoms with Crippen LogP contribution >= 0.6 is 0 Å². The second-order valence-corrected chi connectivity index (χ2v) is 6.67. The average molecular weight is 385 g/mol. The second kappa shape index (κ2) is 10.6. The fraction of sp³-hybridized carbons (Fsp3) is 0.364. The zero-order valence-corrected chi connectivity index (χ0v) is 16.8. The summed E-state index contributed by atoms with van der Waals surface area (Å²) in [5.74, 6) is -0.723. The molecule has 6 nitrogen and oxygen atoms in total. The molecule has 0 radical (unpaired) electrons. The SMILES string of the molecule is COC(=O)c1ccc(CC(OCCN(C)C)c2ccc(C(=O)OC)cc2)cc1. The molecule has 28 heavy (non-hydrogen) atoms. The number of methoxy groups -OCH3 is 2. The highest BCUT2D eigenvalue weighted by Gasteiger charge is 2.15. The Hall–Kier alpha value is -2.70. The monoisotopic (exact) mass is 385 g/mol. The molecule has 150 valence electrons. The molecule has 6 heteroatoms. The molecule has 0 fully saturated rings. The van der Waals surface area contributed by atoms with Crippen molar-refractivity contribution < 1.29 is 23.8 Å². The molecule has 0 aliphatic rings. The van der Waals surface area contributed by atoms with E-state index >= 15 is 0 Å². The van der Waals surface area contributed by atoms with Crippen molar-refractivity contribution in [2.45, 2.75) is 12.5 Å². The van der Waals surface area contributed by atoms with Gasteiger partial charge in [0.25, 0.3) is 0 Å². The standard InChI is InChI=1S/C22H27NO5/c1-23(2)13-14-28-20(17-9-11-19(12-10-17)22(25)27-4)15-16-5-7-18(8-6-16)21(24)26-3/h5-12,20H,13-15H2,1-4H3. The van der Waals surface area contributed by atoms with Gasteiger partial charge in [-0.3, -0.25) is 0 Å². The van der Waals surface area contributed by atoms with E-state index < -0.39 is 0 Å². The fourth-order valence-electron chi connectivity index (χ4n) is 2.71. The summed E-state index contributed by atoms with van der Waals surface area (Å²) >= 11 is 0. The molecule has 0 saturated heterocycles. The van der Waals surface area contributed by atoms with E-state index in [0.29, 0.717) is 24.2 Å². The van der Waals surface area contributed by atoms with Crippen molar-refractivity contribution in [2.75, 3.05) is 41.5 Å². The van der Waals surface area contributed by atoms with Crippen LogP contribution in [0.25, 0.3) is 0 Å². The van der Waals surface area contributed by atoms with E-state index in [4.69, 9.17) is 14.2 Å². The molecule has 0 bridgehead atoms. The number of esters is 2. The Morgan fingerprint density at radius 3 is 1.82 bits per heavy atom. The predicted molar refractivity (Wildman–Crippen MR) is 107 cm³/mol. The third kappa shape index (κ3) is 6.18. The van der Waals surface area contributed by atoms with Gasteiger partial charge in [-0.1, -0.05) is 24.3 Å². The molecule has 0 spiro atoms. The smallest absolute Gasteiger partial charge is 0.337 e. The zero-order chi connectivity index (χ0) is 20.5. The number of hydrogen-bond acceptors (Lipinski definition) is 6. The largest absolute Gasteiger partial charge is 0.465 e. The summed E-state index contributed by atoms with van der Waals surface area (Å²) in [6.45, 7) is 1.38. The third-order valence-corrected chi connectivity index (χ3v) is 4.36. The van der Waals surface area contributed by atoms with Crippen molar-refractivity contribution in [3.8, 4) is 0 Å². The van der Waals surface area contributed by atoms with Gasteiger partial charge in [-0.05, 0) is 49.5 Å². The molecule has 0 aromatic heterocycles. The van der Waals surface area contributed by atoms with Gasteiger partial charge in [0.15, 0.2) is 0 Å². The fourth-order valence-corrected chi connectivity index (χ4v) is 2.71. The van der Waals surface area contributed by atoms with Crippen molar-refractivity contribution in [1.82, 2.24) is 4.90 Å². The topological polar surface area (TPSA) is 65.1 Å². The number of likely N-dealkylation sites (N-methyl/N-ethyl adjacent to an activating group) is 1. The molecular weight excluding hydrogens is 358 g/mol. The summed E-state index contributed by atoms with van der Waals surface area (Å²) in [4.78, 5) is 25.3. The highest BCUT2D eigenvalue weighted by molar-refractivity contribution is 5.89. The summed E-state index contributed by atoms with van der Waals surface area (Å²) in [7, 11) is 6.72. The van der Waals surface area contributed by atoms with E-state index in [-0.39, 0.29) is 18.0 Å². The lowest BCUT2D eigenvalue weighted by molar-refractivity contribution is 0.0435. The summed E-state index contributed by atoms with van der Waals surface area (Å²) in [5, 5.41) is 0. The van der Waals surface area contributed by atoms with Gasteiger partial charge < -0.3 is 19.1 Å². The van der Waals surface area contributed by atoms with Crippen LogP contribution in [0.5, 0.6) is 0 Å². The van der Waals surface area contributed by atoms with Crippen LogP contribution in [0.2, 0.25) is 0 Å². The summed E-state index contributed by atoms with van der Waals surface area (Å²) in [5.41, 5.74) is 3.03. The normalized spacial score (nSPS) is 11.9. The van der Waals surface area contributed by atoms with Gasteiger partial charge in [0, 0.05) is 13.0 Å². The highest BCUT2D eigenvalue weighted by Crippen LogP contribution is 2.23. The summed E-state index contributed by atoms with van der Waals surface area (Å²) in [6, 6.07) is 14.5. The van der Waals surface area contributed by atoms with Crippen LogP contribution in [-0.2, 0) is 20.6 Å². The lowest BCUT2D eigenvalue weighted by Gasteiger charge is -2.20. The van der Waals surface area contributed by atoms with Crippen molar-refractivity contribution in [3.05, 3.63) is 70.8 Å². The first-order valence-corrected chi connectivity index (χ1v) is 9.06. The summed E-state index contributed by atoms with van der Waals surface area (Å²) < 4.78 is 15.6. The minimum absolute atomic E-state index is 0.171. The van der Waals surface area contributed by atoms with Crippen LogP contribution in [0.15, 0.2) is 48.5 Å². The van der Waals surface area contributed by atoms with Crippen LogP contribution < -0.4 is 0 Å². The number of carbonyl (C=O) groups excluding carboxylic acids is 2. The molecular formula is C22H27NO5. The highest BCUT2D eigenvalue weighted by atomic mass is 16.5. The molecule has 2 rings (SSSR count). The van der Waals surface area contributed by atoms with Crippen LogP contribution in [0.1, 0.15) is 37.9 Å². The van der Waals surface area contributed by atoms with Crippen molar-refractivity contribution in [2.24, 2.45) is 0 Å². The van der Waals surface area contributed by atoms with Gasteiger partial charge in [0.05, 0.1) is 38.1 Å². The van der Waals surface area contributed by atoms with E-state index in [1.807, 2.05) is 38.4 Å². The van der Waals surface area contributed by atoms with Crippen molar-refractivity contribution >= 4 is 11.9 Å². The first-order chi connectivity index (χ1) is 13.4. The maximum Gasteiger partial charge on any atom is 0.337 e. The molecule has 0 N–H and O–H groups in total. The predicted octanol–water partition coefficient (Wildman–Crippen LogP) is 3.12. The van der Waals surface area contributed by atoms with Gasteiger partial charge in [-0.25, -0.2) is 9.59 Å². The maximum absolute atomic E-state index is 11.6. The number of nitrogens with zero attached hydrogens (tertiary/aromatic N) is 1. The molecule has 0 aliphatic heterocycles. The average Bonchev–Trinajstić information content (AvgIpc) is 2.72. The van der Waals surface area contributed by atoms with E-state index in [0.717, 1.165) is 17.7 Å². The third-order valence-electron chi connectivity index (χ3n) is 4.36. The number of rotatable bonds is 9. The zero-order valence-electron chi connectivity index (χ0n) is 16.8. The second-order valence-electron chi connectivity index (χ2n) is 6.67. The Morgan fingerprint density at radius 1 is 0.857 bits per heavy atom. The van der Waals surface area contributed by atoms with Crippen molar-refractivity contribution in [3.63, 3.8) is 0 Å². The molecule has 0 saturated carbocycles. The number of benzene rings is 2. The van der Waals surface area contributed by atoms with Gasteiger partial charge >= 0.3 is 11.9 Å². The summed E-state index contributed by atoms with van der Waals surface area (Å²) in [6.07, 6.45) is 0.475. The van der Waals surface area contributed by atoms with Crippen LogP contribution in [0.4, 0.5) is 0 Å². The molecule has 0 amide bonds. The van der Waals surface area contributed by atoms with Crippen LogP contribution in [0.3, 0.4) is 0 Å². The molecule has 0 heterocycles. The number of hydrogen-bond donors (Lipinski definition) is 0. The van der Waals surface area contributed by atoms with Gasteiger partial charge in [0.1, 0.15) is 0 Å². The first kappa shape index (κ1) is 21.6.